The molecule has 2 aliphatic rings. The van der Waals surface area contributed by atoms with Crippen LogP contribution in [0.5, 0.6) is 0 Å². The van der Waals surface area contributed by atoms with E-state index in [-0.39, 0.29) is 29.9 Å². The van der Waals surface area contributed by atoms with Crippen molar-refractivity contribution >= 4 is 23.5 Å². The third-order valence-corrected chi connectivity index (χ3v) is 6.11. The maximum atomic E-state index is 12.9. The van der Waals surface area contributed by atoms with Gasteiger partial charge in [0.15, 0.2) is 0 Å². The lowest BCUT2D eigenvalue weighted by Crippen LogP contribution is -2.47. The van der Waals surface area contributed by atoms with Crippen molar-refractivity contribution in [3.05, 3.63) is 29.8 Å². The summed E-state index contributed by atoms with van der Waals surface area (Å²) in [5.41, 5.74) is 0.960. The number of carbonyl (C=O) groups is 3. The predicted octanol–water partition coefficient (Wildman–Crippen LogP) is 2.71. The van der Waals surface area contributed by atoms with E-state index in [1.165, 1.54) is 0 Å². The van der Waals surface area contributed by atoms with Crippen molar-refractivity contribution in [3.8, 4) is 0 Å². The lowest BCUT2D eigenvalue weighted by molar-refractivity contribution is -0.121. The molecule has 1 aromatic carbocycles. The van der Waals surface area contributed by atoms with Crippen LogP contribution in [0.4, 0.5) is 10.5 Å². The zero-order chi connectivity index (χ0) is 22.2. The normalized spacial score (nSPS) is 19.2. The number of hydrogen-bond acceptors (Lipinski definition) is 4. The van der Waals surface area contributed by atoms with Crippen molar-refractivity contribution in [2.24, 2.45) is 5.92 Å². The molecule has 2 saturated heterocycles. The first-order valence-electron chi connectivity index (χ1n) is 11.4. The highest BCUT2D eigenvalue weighted by Crippen LogP contribution is 2.22. The lowest BCUT2D eigenvalue weighted by atomic mass is 9.95. The van der Waals surface area contributed by atoms with Crippen LogP contribution in [0, 0.1) is 5.92 Å². The van der Waals surface area contributed by atoms with Gasteiger partial charge in [-0.2, -0.15) is 0 Å². The van der Waals surface area contributed by atoms with E-state index in [0.717, 1.165) is 19.4 Å². The third-order valence-electron chi connectivity index (χ3n) is 6.11. The van der Waals surface area contributed by atoms with Gasteiger partial charge in [-0.25, -0.2) is 4.79 Å². The Balaban J connectivity index is 1.54. The smallest absolute Gasteiger partial charge is 0.319 e. The van der Waals surface area contributed by atoms with Crippen LogP contribution in [0.1, 0.15) is 49.9 Å². The number of anilines is 1. The van der Waals surface area contributed by atoms with E-state index in [0.29, 0.717) is 56.8 Å². The summed E-state index contributed by atoms with van der Waals surface area (Å²) in [5.74, 6) is -0.496. The standard InChI is InChI=1S/C23H34N4O4/c1-3-26(4-2)23(30)27-13-11-17(12-14-27)21(28)25-20-10-6-5-9-19(20)22(29)24-16-18-8-7-15-31-18/h5-6,9-10,17-18H,3-4,7-8,11-16H2,1-2H3,(H,24,29)(H,25,28)/t18-/m1/s1. The van der Waals surface area contributed by atoms with Crippen LogP contribution >= 0.6 is 0 Å². The summed E-state index contributed by atoms with van der Waals surface area (Å²) in [6.45, 7) is 7.65. The van der Waals surface area contributed by atoms with E-state index >= 15 is 0 Å². The van der Waals surface area contributed by atoms with E-state index < -0.39 is 0 Å². The van der Waals surface area contributed by atoms with Crippen LogP contribution in [0.15, 0.2) is 24.3 Å². The number of nitrogens with one attached hydrogen (secondary N) is 2. The second-order valence-corrected chi connectivity index (χ2v) is 8.10. The van der Waals surface area contributed by atoms with Gasteiger partial charge < -0.3 is 25.2 Å². The molecule has 0 bridgehead atoms. The number of amides is 4. The summed E-state index contributed by atoms with van der Waals surface area (Å²) in [6, 6.07) is 7.09. The molecule has 0 radical (unpaired) electrons. The van der Waals surface area contributed by atoms with Gasteiger partial charge in [0.1, 0.15) is 0 Å². The Morgan fingerprint density at radius 1 is 1.10 bits per heavy atom. The summed E-state index contributed by atoms with van der Waals surface area (Å²) >= 11 is 0. The Morgan fingerprint density at radius 2 is 1.81 bits per heavy atom. The Hall–Kier alpha value is -2.61. The Morgan fingerprint density at radius 3 is 2.45 bits per heavy atom. The molecule has 3 rings (SSSR count). The maximum absolute atomic E-state index is 12.9. The number of hydrogen-bond donors (Lipinski definition) is 2. The van der Waals surface area contributed by atoms with Gasteiger partial charge >= 0.3 is 6.03 Å². The fourth-order valence-electron chi connectivity index (χ4n) is 4.16. The molecule has 0 aliphatic carbocycles. The van der Waals surface area contributed by atoms with Crippen LogP contribution in [-0.2, 0) is 9.53 Å². The van der Waals surface area contributed by atoms with Crippen LogP contribution in [-0.4, -0.2) is 73.1 Å². The third kappa shape index (κ3) is 5.97. The van der Waals surface area contributed by atoms with Crippen molar-refractivity contribution < 1.29 is 19.1 Å². The van der Waals surface area contributed by atoms with Crippen LogP contribution in [0.2, 0.25) is 0 Å². The molecule has 31 heavy (non-hydrogen) atoms. The molecule has 2 fully saturated rings. The van der Waals surface area contributed by atoms with Gasteiger partial charge in [0.25, 0.3) is 5.91 Å². The van der Waals surface area contributed by atoms with E-state index in [2.05, 4.69) is 10.6 Å². The molecule has 0 aromatic heterocycles. The van der Waals surface area contributed by atoms with Gasteiger partial charge in [-0.15, -0.1) is 0 Å². The minimum Gasteiger partial charge on any atom is -0.376 e. The molecular weight excluding hydrogens is 396 g/mol. The quantitative estimate of drug-likeness (QED) is 0.696. The summed E-state index contributed by atoms with van der Waals surface area (Å²) < 4.78 is 5.55. The van der Waals surface area contributed by atoms with Crippen LogP contribution in [0.3, 0.4) is 0 Å². The first-order valence-corrected chi connectivity index (χ1v) is 11.4. The number of urea groups is 1. The number of rotatable bonds is 7. The minimum absolute atomic E-state index is 0.0390. The molecule has 2 aliphatic heterocycles. The number of benzene rings is 1. The summed E-state index contributed by atoms with van der Waals surface area (Å²) in [4.78, 5) is 41.6. The Kier molecular flexibility index (Phi) is 8.28. The molecule has 1 aromatic rings. The highest BCUT2D eigenvalue weighted by atomic mass is 16.5. The first-order chi connectivity index (χ1) is 15.0. The average Bonchev–Trinajstić information content (AvgIpc) is 3.32. The number of piperidine rings is 1. The number of nitrogens with zero attached hydrogens (tertiary/aromatic N) is 2. The van der Waals surface area contributed by atoms with E-state index in [1.807, 2.05) is 18.7 Å². The second kappa shape index (κ2) is 11.1. The molecule has 4 amide bonds. The van der Waals surface area contributed by atoms with Gasteiger partial charge in [-0.1, -0.05) is 12.1 Å². The molecule has 170 valence electrons. The summed E-state index contributed by atoms with van der Waals surface area (Å²) in [6.07, 6.45) is 3.27. The summed E-state index contributed by atoms with van der Waals surface area (Å²) in [5, 5.41) is 5.84. The average molecular weight is 431 g/mol. The van der Waals surface area contributed by atoms with Gasteiger partial charge in [0.2, 0.25) is 5.91 Å². The lowest BCUT2D eigenvalue weighted by Gasteiger charge is -2.34. The van der Waals surface area contributed by atoms with Crippen molar-refractivity contribution in [2.45, 2.75) is 45.6 Å². The predicted molar refractivity (Wildman–Crippen MR) is 119 cm³/mol. The Labute approximate surface area is 184 Å². The zero-order valence-electron chi connectivity index (χ0n) is 18.6. The van der Waals surface area contributed by atoms with Gasteiger partial charge in [0, 0.05) is 45.2 Å². The summed E-state index contributed by atoms with van der Waals surface area (Å²) in [7, 11) is 0. The van der Waals surface area contributed by atoms with Crippen molar-refractivity contribution in [1.82, 2.24) is 15.1 Å². The largest absolute Gasteiger partial charge is 0.376 e. The van der Waals surface area contributed by atoms with Crippen molar-refractivity contribution in [2.75, 3.05) is 44.6 Å². The number of carbonyl (C=O) groups excluding carboxylic acids is 3. The highest BCUT2D eigenvalue weighted by molar-refractivity contribution is 6.04. The molecule has 0 unspecified atom stereocenters. The topological polar surface area (TPSA) is 91.0 Å². The van der Waals surface area contributed by atoms with E-state index in [9.17, 15) is 14.4 Å². The van der Waals surface area contributed by atoms with E-state index in [1.54, 1.807) is 29.2 Å². The number of likely N-dealkylation sites (tertiary alicyclic amines) is 1. The molecule has 8 nitrogen and oxygen atoms in total. The van der Waals surface area contributed by atoms with Crippen molar-refractivity contribution in [1.29, 1.82) is 0 Å². The number of ether oxygens (including phenoxy) is 1. The fourth-order valence-corrected chi connectivity index (χ4v) is 4.16. The van der Waals surface area contributed by atoms with E-state index in [4.69, 9.17) is 4.74 Å². The second-order valence-electron chi connectivity index (χ2n) is 8.10. The highest BCUT2D eigenvalue weighted by Gasteiger charge is 2.29. The molecule has 2 heterocycles. The number of para-hydroxylation sites is 1. The fraction of sp³-hybridized carbons (Fsp3) is 0.609. The van der Waals surface area contributed by atoms with Gasteiger partial charge in [-0.3, -0.25) is 9.59 Å². The molecule has 0 spiro atoms. The van der Waals surface area contributed by atoms with Crippen LogP contribution in [0.25, 0.3) is 0 Å². The van der Waals surface area contributed by atoms with Crippen LogP contribution < -0.4 is 10.6 Å². The first kappa shape index (κ1) is 23.1. The molecule has 8 heteroatoms. The molecule has 1 atom stereocenters. The van der Waals surface area contributed by atoms with Gasteiger partial charge in [-0.05, 0) is 51.7 Å². The Bertz CT molecular complexity index is 767. The molecule has 0 saturated carbocycles. The SMILES string of the molecule is CCN(CC)C(=O)N1CCC(C(=O)Nc2ccccc2C(=O)NC[C@H]2CCCO2)CC1. The minimum atomic E-state index is -0.217. The van der Waals surface area contributed by atoms with Crippen molar-refractivity contribution in [3.63, 3.8) is 0 Å². The van der Waals surface area contributed by atoms with Gasteiger partial charge in [0.05, 0.1) is 17.4 Å². The molecular formula is C23H34N4O4. The maximum Gasteiger partial charge on any atom is 0.319 e. The monoisotopic (exact) mass is 430 g/mol. The zero-order valence-corrected chi connectivity index (χ0v) is 18.6. The molecule has 2 N–H and O–H groups in total.